The van der Waals surface area contributed by atoms with Crippen LogP contribution in [0.2, 0.25) is 0 Å². The van der Waals surface area contributed by atoms with Crippen LogP contribution in [0.5, 0.6) is 11.5 Å². The van der Waals surface area contributed by atoms with Gasteiger partial charge in [-0.3, -0.25) is 4.79 Å². The number of anilines is 1. The van der Waals surface area contributed by atoms with Gasteiger partial charge in [0.25, 0.3) is 0 Å². The predicted octanol–water partition coefficient (Wildman–Crippen LogP) is 3.40. The number of ether oxygens (including phenoxy) is 2. The summed E-state index contributed by atoms with van der Waals surface area (Å²) in [5.74, 6) is 0.920. The third-order valence-electron chi connectivity index (χ3n) is 4.87. The van der Waals surface area contributed by atoms with Crippen molar-refractivity contribution in [2.24, 2.45) is 0 Å². The summed E-state index contributed by atoms with van der Waals surface area (Å²) < 4.78 is 10.6. The number of nitrogens with one attached hydrogen (secondary N) is 1. The summed E-state index contributed by atoms with van der Waals surface area (Å²) in [5.41, 5.74) is 2.05. The smallest absolute Gasteiger partial charge is 0.244 e. The van der Waals surface area contributed by atoms with Crippen LogP contribution in [0.3, 0.4) is 0 Å². The molecule has 0 saturated carbocycles. The van der Waals surface area contributed by atoms with Crippen LogP contribution < -0.4 is 19.7 Å². The zero-order valence-corrected chi connectivity index (χ0v) is 16.5. The minimum Gasteiger partial charge on any atom is -0.493 e. The minimum atomic E-state index is -0.105. The molecule has 150 valence electrons. The van der Waals surface area contributed by atoms with Crippen molar-refractivity contribution in [1.82, 2.24) is 5.32 Å². The Hall–Kier alpha value is -3.46. The van der Waals surface area contributed by atoms with Gasteiger partial charge in [0.15, 0.2) is 18.1 Å². The van der Waals surface area contributed by atoms with Crippen LogP contribution in [0.1, 0.15) is 18.4 Å². The molecule has 0 atom stereocenters. The maximum absolute atomic E-state index is 12.3. The van der Waals surface area contributed by atoms with Gasteiger partial charge in [-0.2, -0.15) is 5.26 Å². The van der Waals surface area contributed by atoms with Gasteiger partial charge in [0.2, 0.25) is 5.91 Å². The largest absolute Gasteiger partial charge is 0.493 e. The van der Waals surface area contributed by atoms with Crippen LogP contribution in [-0.2, 0) is 4.79 Å². The van der Waals surface area contributed by atoms with Gasteiger partial charge in [0.05, 0.1) is 7.11 Å². The van der Waals surface area contributed by atoms with Crippen LogP contribution >= 0.6 is 0 Å². The highest BCUT2D eigenvalue weighted by Gasteiger charge is 2.20. The minimum absolute atomic E-state index is 0.0446. The van der Waals surface area contributed by atoms with E-state index in [1.54, 1.807) is 18.2 Å². The molecule has 0 radical (unpaired) electrons. The Bertz CT molecular complexity index is 882. The summed E-state index contributed by atoms with van der Waals surface area (Å²) in [7, 11) is 1.54. The quantitative estimate of drug-likeness (QED) is 0.733. The molecule has 1 N–H and O–H groups in total. The Morgan fingerprint density at radius 3 is 2.66 bits per heavy atom. The van der Waals surface area contributed by atoms with Crippen LogP contribution in [0.25, 0.3) is 6.08 Å². The molecule has 0 bridgehead atoms. The van der Waals surface area contributed by atoms with Crippen LogP contribution in [-0.4, -0.2) is 38.8 Å². The van der Waals surface area contributed by atoms with Crippen molar-refractivity contribution in [3.05, 3.63) is 60.2 Å². The Balaban J connectivity index is 1.51. The number of carbonyl (C=O) groups is 1. The second-order valence-corrected chi connectivity index (χ2v) is 6.80. The molecular formula is C23H25N3O3. The third kappa shape index (κ3) is 5.76. The molecule has 1 aliphatic rings. The van der Waals surface area contributed by atoms with Gasteiger partial charge in [-0.15, -0.1) is 0 Å². The van der Waals surface area contributed by atoms with E-state index in [9.17, 15) is 4.79 Å². The molecular weight excluding hydrogens is 366 g/mol. The molecule has 2 aromatic carbocycles. The molecule has 1 amide bonds. The molecule has 29 heavy (non-hydrogen) atoms. The molecule has 3 rings (SSSR count). The number of carbonyl (C=O) groups excluding carboxylic acids is 1. The van der Waals surface area contributed by atoms with E-state index in [-0.39, 0.29) is 18.6 Å². The van der Waals surface area contributed by atoms with Gasteiger partial charge < -0.3 is 19.7 Å². The molecule has 0 aromatic heterocycles. The number of benzene rings is 2. The van der Waals surface area contributed by atoms with E-state index in [4.69, 9.17) is 14.7 Å². The van der Waals surface area contributed by atoms with E-state index in [0.29, 0.717) is 11.5 Å². The SMILES string of the molecule is COc1cc(C=CC(=O)NC2CCN(c3ccccc3)CC2)ccc1OCC#N. The van der Waals surface area contributed by atoms with Gasteiger partial charge in [-0.25, -0.2) is 0 Å². The highest BCUT2D eigenvalue weighted by atomic mass is 16.5. The maximum Gasteiger partial charge on any atom is 0.244 e. The average Bonchev–Trinajstić information content (AvgIpc) is 2.77. The van der Waals surface area contributed by atoms with Crippen molar-refractivity contribution in [3.63, 3.8) is 0 Å². The molecule has 1 heterocycles. The molecule has 1 saturated heterocycles. The number of amides is 1. The Kier molecular flexibility index (Phi) is 7.12. The second kappa shape index (κ2) is 10.2. The summed E-state index contributed by atoms with van der Waals surface area (Å²) in [5, 5.41) is 11.7. The number of methoxy groups -OCH3 is 1. The number of para-hydroxylation sites is 1. The number of piperidine rings is 1. The van der Waals surface area contributed by atoms with Crippen molar-refractivity contribution in [2.45, 2.75) is 18.9 Å². The Labute approximate surface area is 171 Å². The first kappa shape index (κ1) is 20.3. The number of nitriles is 1. The maximum atomic E-state index is 12.3. The lowest BCUT2D eigenvalue weighted by atomic mass is 10.0. The lowest BCUT2D eigenvalue weighted by Gasteiger charge is -2.33. The standard InChI is InChI=1S/C23H25N3O3/c1-28-22-17-18(7-9-21(22)29-16-13-24)8-10-23(27)25-19-11-14-26(15-12-19)20-5-3-2-4-6-20/h2-10,17,19H,11-12,14-16H2,1H3,(H,25,27). The van der Waals surface area contributed by atoms with Crippen LogP contribution in [0, 0.1) is 11.3 Å². The monoisotopic (exact) mass is 391 g/mol. The van der Waals surface area contributed by atoms with E-state index >= 15 is 0 Å². The highest BCUT2D eigenvalue weighted by molar-refractivity contribution is 5.92. The van der Waals surface area contributed by atoms with Crippen LogP contribution in [0.4, 0.5) is 5.69 Å². The third-order valence-corrected chi connectivity index (χ3v) is 4.87. The first-order valence-corrected chi connectivity index (χ1v) is 9.66. The molecule has 1 aliphatic heterocycles. The highest BCUT2D eigenvalue weighted by Crippen LogP contribution is 2.28. The Morgan fingerprint density at radius 1 is 1.21 bits per heavy atom. The number of rotatable bonds is 7. The molecule has 0 aliphatic carbocycles. The van der Waals surface area contributed by atoms with Gasteiger partial charge in [0.1, 0.15) is 6.07 Å². The van der Waals surface area contributed by atoms with Crippen molar-refractivity contribution in [2.75, 3.05) is 31.7 Å². The lowest BCUT2D eigenvalue weighted by Crippen LogP contribution is -2.44. The van der Waals surface area contributed by atoms with Gasteiger partial charge in [-0.05, 0) is 48.7 Å². The average molecular weight is 391 g/mol. The van der Waals surface area contributed by atoms with Gasteiger partial charge >= 0.3 is 0 Å². The van der Waals surface area contributed by atoms with Crippen molar-refractivity contribution >= 4 is 17.7 Å². The van der Waals surface area contributed by atoms with Crippen molar-refractivity contribution < 1.29 is 14.3 Å². The summed E-state index contributed by atoms with van der Waals surface area (Å²) >= 11 is 0. The van der Waals surface area contributed by atoms with E-state index in [2.05, 4.69) is 22.3 Å². The normalized spacial score (nSPS) is 14.4. The fourth-order valence-electron chi connectivity index (χ4n) is 3.36. The van der Waals surface area contributed by atoms with E-state index in [0.717, 1.165) is 31.5 Å². The van der Waals surface area contributed by atoms with E-state index in [1.807, 2.05) is 30.3 Å². The summed E-state index contributed by atoms with van der Waals surface area (Å²) in [6.07, 6.45) is 5.12. The Morgan fingerprint density at radius 2 is 1.97 bits per heavy atom. The molecule has 1 fully saturated rings. The molecule has 0 unspecified atom stereocenters. The fraction of sp³-hybridized carbons (Fsp3) is 0.304. The number of hydrogen-bond donors (Lipinski definition) is 1. The summed E-state index contributed by atoms with van der Waals surface area (Å²) in [6, 6.07) is 17.8. The lowest BCUT2D eigenvalue weighted by molar-refractivity contribution is -0.117. The molecule has 6 heteroatoms. The second-order valence-electron chi connectivity index (χ2n) is 6.80. The summed E-state index contributed by atoms with van der Waals surface area (Å²) in [4.78, 5) is 14.6. The molecule has 0 spiro atoms. The van der Waals surface area contributed by atoms with Gasteiger partial charge in [0, 0.05) is 30.9 Å². The zero-order chi connectivity index (χ0) is 20.5. The van der Waals surface area contributed by atoms with E-state index in [1.165, 1.54) is 18.9 Å². The molecule has 2 aromatic rings. The fourth-order valence-corrected chi connectivity index (χ4v) is 3.36. The summed E-state index contributed by atoms with van der Waals surface area (Å²) in [6.45, 7) is 1.82. The van der Waals surface area contributed by atoms with Crippen LogP contribution in [0.15, 0.2) is 54.6 Å². The topological polar surface area (TPSA) is 74.6 Å². The first-order chi connectivity index (χ1) is 14.2. The number of hydrogen-bond acceptors (Lipinski definition) is 5. The van der Waals surface area contributed by atoms with Crippen molar-refractivity contribution in [1.29, 1.82) is 5.26 Å². The number of nitrogens with zero attached hydrogens (tertiary/aromatic N) is 2. The first-order valence-electron chi connectivity index (χ1n) is 9.66. The van der Waals surface area contributed by atoms with Crippen molar-refractivity contribution in [3.8, 4) is 17.6 Å². The van der Waals surface area contributed by atoms with E-state index < -0.39 is 0 Å². The molecule has 6 nitrogen and oxygen atoms in total. The predicted molar refractivity (Wildman–Crippen MR) is 113 cm³/mol. The van der Waals surface area contributed by atoms with Gasteiger partial charge in [-0.1, -0.05) is 24.3 Å². The zero-order valence-electron chi connectivity index (χ0n) is 16.5.